The monoisotopic (exact) mass is 470 g/mol. The predicted octanol–water partition coefficient (Wildman–Crippen LogP) is 5.24. The molecule has 0 spiro atoms. The molecule has 5 nitrogen and oxygen atoms in total. The average Bonchev–Trinajstić information content (AvgIpc) is 3.40. The molecular formula is C31H22N2O3. The van der Waals surface area contributed by atoms with Crippen molar-refractivity contribution in [3.05, 3.63) is 120 Å². The largest absolute Gasteiger partial charge is 0.358 e. The summed E-state index contributed by atoms with van der Waals surface area (Å²) < 4.78 is 0. The van der Waals surface area contributed by atoms with Gasteiger partial charge >= 0.3 is 0 Å². The van der Waals surface area contributed by atoms with Crippen LogP contribution in [0.4, 0.5) is 5.69 Å². The maximum absolute atomic E-state index is 14.2. The molecule has 3 heterocycles. The van der Waals surface area contributed by atoms with Crippen molar-refractivity contribution in [2.45, 2.75) is 12.1 Å². The number of anilines is 1. The Bertz CT molecular complexity index is 1590. The van der Waals surface area contributed by atoms with E-state index in [-0.39, 0.29) is 23.6 Å². The first kappa shape index (κ1) is 20.8. The van der Waals surface area contributed by atoms with Gasteiger partial charge < -0.3 is 4.90 Å². The number of ketones is 1. The Kier molecular flexibility index (Phi) is 4.48. The van der Waals surface area contributed by atoms with Crippen molar-refractivity contribution >= 4 is 40.1 Å². The van der Waals surface area contributed by atoms with E-state index in [0.717, 1.165) is 21.9 Å². The van der Waals surface area contributed by atoms with Gasteiger partial charge in [0, 0.05) is 17.1 Å². The van der Waals surface area contributed by atoms with Crippen molar-refractivity contribution in [2.24, 2.45) is 11.8 Å². The average molecular weight is 471 g/mol. The number of amides is 2. The van der Waals surface area contributed by atoms with Crippen molar-refractivity contribution in [2.75, 3.05) is 4.90 Å². The molecule has 0 aromatic heterocycles. The zero-order chi connectivity index (χ0) is 24.4. The standard InChI is InChI=1S/C31H22N2O3/c34-29(21-11-2-1-3-12-21)28-26-25(27-23-15-7-5-10-20(23)17-18-32(27)28)30(35)33(31(26)36)24-16-8-13-19-9-4-6-14-22(19)24/h1-18,25-28H/t25-,26-,27+,28+/m1/s1. The molecule has 5 heteroatoms. The first-order valence-corrected chi connectivity index (χ1v) is 12.1. The highest BCUT2D eigenvalue weighted by atomic mass is 16.2. The van der Waals surface area contributed by atoms with Gasteiger partial charge in [-0.05, 0) is 28.7 Å². The van der Waals surface area contributed by atoms with E-state index in [0.29, 0.717) is 11.3 Å². The van der Waals surface area contributed by atoms with Gasteiger partial charge in [0.2, 0.25) is 11.8 Å². The quantitative estimate of drug-likeness (QED) is 0.304. The number of hydrogen-bond acceptors (Lipinski definition) is 4. The molecular weight excluding hydrogens is 448 g/mol. The van der Waals surface area contributed by atoms with E-state index >= 15 is 0 Å². The summed E-state index contributed by atoms with van der Waals surface area (Å²) in [7, 11) is 0. The molecule has 4 atom stereocenters. The first-order valence-electron chi connectivity index (χ1n) is 12.1. The van der Waals surface area contributed by atoms with Crippen LogP contribution in [0.3, 0.4) is 0 Å². The highest BCUT2D eigenvalue weighted by Crippen LogP contribution is 2.54. The Hall–Kier alpha value is -4.51. The molecule has 174 valence electrons. The van der Waals surface area contributed by atoms with Gasteiger partial charge in [0.1, 0.15) is 6.04 Å². The molecule has 0 radical (unpaired) electrons. The van der Waals surface area contributed by atoms with Crippen LogP contribution in [0.5, 0.6) is 0 Å². The predicted molar refractivity (Wildman–Crippen MR) is 138 cm³/mol. The topological polar surface area (TPSA) is 57.7 Å². The summed E-state index contributed by atoms with van der Waals surface area (Å²) >= 11 is 0. The second-order valence-electron chi connectivity index (χ2n) is 9.57. The van der Waals surface area contributed by atoms with Crippen molar-refractivity contribution in [1.29, 1.82) is 0 Å². The fourth-order valence-corrected chi connectivity index (χ4v) is 6.27. The Labute approximate surface area is 208 Å². The molecule has 0 bridgehead atoms. The number of Topliss-reactive ketones (excluding diaryl/α,β-unsaturated/α-hetero) is 1. The van der Waals surface area contributed by atoms with E-state index in [1.807, 2.05) is 102 Å². The molecule has 4 aromatic carbocycles. The number of hydrogen-bond donors (Lipinski definition) is 0. The maximum atomic E-state index is 14.2. The van der Waals surface area contributed by atoms with Gasteiger partial charge in [-0.15, -0.1) is 0 Å². The normalized spacial score (nSPS) is 24.1. The van der Waals surface area contributed by atoms with Gasteiger partial charge in [-0.3, -0.25) is 14.4 Å². The van der Waals surface area contributed by atoms with E-state index in [1.54, 1.807) is 12.1 Å². The van der Waals surface area contributed by atoms with Crippen molar-refractivity contribution in [3.63, 3.8) is 0 Å². The fraction of sp³-hybridized carbons (Fsp3) is 0.129. The van der Waals surface area contributed by atoms with Crippen LogP contribution in [0.1, 0.15) is 27.5 Å². The lowest BCUT2D eigenvalue weighted by atomic mass is 9.83. The van der Waals surface area contributed by atoms with Crippen LogP contribution >= 0.6 is 0 Å². The molecule has 0 unspecified atom stereocenters. The molecule has 4 aromatic rings. The Morgan fingerprint density at radius 2 is 1.39 bits per heavy atom. The Morgan fingerprint density at radius 1 is 0.694 bits per heavy atom. The molecule has 3 aliphatic rings. The summed E-state index contributed by atoms with van der Waals surface area (Å²) in [6.07, 6.45) is 3.86. The summed E-state index contributed by atoms with van der Waals surface area (Å²) in [4.78, 5) is 45.5. The van der Waals surface area contributed by atoms with E-state index in [1.165, 1.54) is 4.90 Å². The number of rotatable bonds is 3. The van der Waals surface area contributed by atoms with Gasteiger partial charge in [-0.2, -0.15) is 0 Å². The second kappa shape index (κ2) is 7.75. The highest BCUT2D eigenvalue weighted by Gasteiger charge is 2.64. The van der Waals surface area contributed by atoms with Crippen LogP contribution < -0.4 is 4.90 Å². The van der Waals surface area contributed by atoms with E-state index in [9.17, 15) is 14.4 Å². The highest BCUT2D eigenvalue weighted by molar-refractivity contribution is 6.27. The molecule has 2 amide bonds. The summed E-state index contributed by atoms with van der Waals surface area (Å²) in [5, 5.41) is 1.80. The summed E-state index contributed by atoms with van der Waals surface area (Å²) in [5.74, 6) is -2.12. The minimum atomic E-state index is -0.773. The number of fused-ring (bicyclic) bond motifs is 6. The third-order valence-electron chi connectivity index (χ3n) is 7.80. The number of imide groups is 1. The smallest absolute Gasteiger partial charge is 0.240 e. The molecule has 2 fully saturated rings. The van der Waals surface area contributed by atoms with Crippen LogP contribution in [0.15, 0.2) is 103 Å². The lowest BCUT2D eigenvalue weighted by molar-refractivity contribution is -0.123. The first-order chi connectivity index (χ1) is 17.6. The minimum absolute atomic E-state index is 0.141. The molecule has 3 aliphatic heterocycles. The van der Waals surface area contributed by atoms with Crippen LogP contribution in [0, 0.1) is 11.8 Å². The number of carbonyl (C=O) groups is 3. The molecule has 2 saturated heterocycles. The zero-order valence-electron chi connectivity index (χ0n) is 19.3. The summed E-state index contributed by atoms with van der Waals surface area (Å²) in [6.45, 7) is 0. The Morgan fingerprint density at radius 3 is 2.25 bits per heavy atom. The van der Waals surface area contributed by atoms with Gasteiger partial charge in [0.25, 0.3) is 0 Å². The van der Waals surface area contributed by atoms with Crippen LogP contribution in [-0.2, 0) is 9.59 Å². The summed E-state index contributed by atoms with van der Waals surface area (Å²) in [5.41, 5.74) is 3.10. The summed E-state index contributed by atoms with van der Waals surface area (Å²) in [6, 6.07) is 29.2. The van der Waals surface area contributed by atoms with E-state index < -0.39 is 17.9 Å². The van der Waals surface area contributed by atoms with Gasteiger partial charge in [-0.1, -0.05) is 91.0 Å². The zero-order valence-corrected chi connectivity index (χ0v) is 19.3. The van der Waals surface area contributed by atoms with Gasteiger partial charge in [0.05, 0.1) is 23.6 Å². The second-order valence-corrected chi connectivity index (χ2v) is 9.57. The van der Waals surface area contributed by atoms with Gasteiger partial charge in [-0.25, -0.2) is 4.90 Å². The SMILES string of the molecule is O=C(c1ccccc1)[C@@H]1[C@@H]2C(=O)N(c3cccc4ccccc34)C(=O)[C@H]2[C@@H]2c3ccccc3C=CN12. The van der Waals surface area contributed by atoms with E-state index in [4.69, 9.17) is 0 Å². The number of benzene rings is 4. The third kappa shape index (κ3) is 2.80. The van der Waals surface area contributed by atoms with Crippen LogP contribution in [0.2, 0.25) is 0 Å². The molecule has 0 N–H and O–H groups in total. The van der Waals surface area contributed by atoms with Crippen molar-refractivity contribution < 1.29 is 14.4 Å². The lowest BCUT2D eigenvalue weighted by Crippen LogP contribution is -2.44. The third-order valence-corrected chi connectivity index (χ3v) is 7.80. The van der Waals surface area contributed by atoms with Crippen molar-refractivity contribution in [1.82, 2.24) is 4.90 Å². The van der Waals surface area contributed by atoms with Gasteiger partial charge in [0.15, 0.2) is 5.78 Å². The minimum Gasteiger partial charge on any atom is -0.358 e. The molecule has 7 rings (SSSR count). The van der Waals surface area contributed by atoms with E-state index in [2.05, 4.69) is 0 Å². The van der Waals surface area contributed by atoms with Crippen LogP contribution in [0.25, 0.3) is 16.8 Å². The molecule has 0 aliphatic carbocycles. The van der Waals surface area contributed by atoms with Crippen LogP contribution in [-0.4, -0.2) is 28.5 Å². The number of carbonyl (C=O) groups excluding carboxylic acids is 3. The maximum Gasteiger partial charge on any atom is 0.240 e. The molecule has 0 saturated carbocycles. The number of nitrogens with zero attached hydrogens (tertiary/aromatic N) is 2. The van der Waals surface area contributed by atoms with Crippen molar-refractivity contribution in [3.8, 4) is 0 Å². The fourth-order valence-electron chi connectivity index (χ4n) is 6.27. The Balaban J connectivity index is 1.41. The molecule has 36 heavy (non-hydrogen) atoms. The lowest BCUT2D eigenvalue weighted by Gasteiger charge is -2.35.